The Hall–Kier alpha value is -2.08. The number of aliphatic carboxylic acids is 1. The molecule has 1 aromatic carbocycles. The number of carboxylic acid groups (broad SMARTS) is 1. The summed E-state index contributed by atoms with van der Waals surface area (Å²) in [4.78, 5) is 22.7. The second kappa shape index (κ2) is 8.92. The van der Waals surface area contributed by atoms with Crippen LogP contribution in [0.2, 0.25) is 0 Å². The average Bonchev–Trinajstić information content (AvgIpc) is 2.44. The molecule has 0 bridgehead atoms. The molecule has 0 saturated heterocycles. The van der Waals surface area contributed by atoms with Gasteiger partial charge in [-0.15, -0.1) is 0 Å². The van der Waals surface area contributed by atoms with Gasteiger partial charge in [-0.05, 0) is 12.5 Å². The number of amides is 2. The zero-order valence-corrected chi connectivity index (χ0v) is 11.5. The molecule has 2 amide bonds. The van der Waals surface area contributed by atoms with E-state index in [1.165, 1.54) is 0 Å². The molecule has 0 aromatic heterocycles. The van der Waals surface area contributed by atoms with Crippen LogP contribution in [0.5, 0.6) is 0 Å². The predicted molar refractivity (Wildman–Crippen MR) is 74.6 cm³/mol. The lowest BCUT2D eigenvalue weighted by molar-refractivity contribution is -0.139. The van der Waals surface area contributed by atoms with E-state index in [2.05, 4.69) is 10.6 Å². The first-order valence-electron chi connectivity index (χ1n) is 6.52. The van der Waals surface area contributed by atoms with Crippen molar-refractivity contribution in [3.8, 4) is 0 Å². The van der Waals surface area contributed by atoms with Gasteiger partial charge in [-0.2, -0.15) is 0 Å². The Morgan fingerprint density at radius 3 is 2.60 bits per heavy atom. The van der Waals surface area contributed by atoms with E-state index in [9.17, 15) is 9.59 Å². The molecule has 0 spiro atoms. The van der Waals surface area contributed by atoms with Crippen LogP contribution in [0.4, 0.5) is 4.79 Å². The van der Waals surface area contributed by atoms with Gasteiger partial charge in [0, 0.05) is 19.6 Å². The topological polar surface area (TPSA) is 87.7 Å². The third kappa shape index (κ3) is 6.19. The lowest BCUT2D eigenvalue weighted by Crippen LogP contribution is -2.47. The van der Waals surface area contributed by atoms with Crippen molar-refractivity contribution >= 4 is 12.0 Å². The molecular weight excluding hydrogens is 260 g/mol. The first-order chi connectivity index (χ1) is 9.63. The van der Waals surface area contributed by atoms with Crippen molar-refractivity contribution < 1.29 is 19.4 Å². The van der Waals surface area contributed by atoms with Crippen LogP contribution >= 0.6 is 0 Å². The highest BCUT2D eigenvalue weighted by Crippen LogP contribution is 2.03. The number of hydrogen-bond donors (Lipinski definition) is 3. The summed E-state index contributed by atoms with van der Waals surface area (Å²) in [6, 6.07) is 7.70. The van der Waals surface area contributed by atoms with Crippen molar-refractivity contribution in [2.24, 2.45) is 0 Å². The van der Waals surface area contributed by atoms with Crippen molar-refractivity contribution in [3.05, 3.63) is 35.9 Å². The van der Waals surface area contributed by atoms with Crippen molar-refractivity contribution in [1.29, 1.82) is 0 Å². The summed E-state index contributed by atoms with van der Waals surface area (Å²) < 4.78 is 5.07. The second-order valence-electron chi connectivity index (χ2n) is 4.18. The van der Waals surface area contributed by atoms with Gasteiger partial charge in [-0.25, -0.2) is 9.59 Å². The molecule has 6 heteroatoms. The Balaban J connectivity index is 2.43. The molecule has 0 aliphatic carbocycles. The molecule has 110 valence electrons. The van der Waals surface area contributed by atoms with E-state index in [-0.39, 0.29) is 6.42 Å². The maximum absolute atomic E-state index is 11.6. The number of benzene rings is 1. The Labute approximate surface area is 118 Å². The van der Waals surface area contributed by atoms with Gasteiger partial charge in [-0.1, -0.05) is 30.3 Å². The van der Waals surface area contributed by atoms with Crippen LogP contribution in [0.3, 0.4) is 0 Å². The summed E-state index contributed by atoms with van der Waals surface area (Å²) in [6.07, 6.45) is 0.245. The number of urea groups is 1. The van der Waals surface area contributed by atoms with Crippen LogP contribution in [0.25, 0.3) is 0 Å². The predicted octanol–water partition coefficient (Wildman–Crippen LogP) is 1.02. The van der Waals surface area contributed by atoms with Gasteiger partial charge in [0.25, 0.3) is 0 Å². The van der Waals surface area contributed by atoms with Gasteiger partial charge in [0.1, 0.15) is 6.04 Å². The fraction of sp³-hybridized carbons (Fsp3) is 0.429. The summed E-state index contributed by atoms with van der Waals surface area (Å²) in [5.74, 6) is -1.06. The number of nitrogens with one attached hydrogen (secondary N) is 2. The fourth-order valence-corrected chi connectivity index (χ4v) is 1.64. The van der Waals surface area contributed by atoms with Gasteiger partial charge in [0.05, 0.1) is 6.61 Å². The Kier molecular flexibility index (Phi) is 7.13. The normalized spacial score (nSPS) is 11.7. The number of rotatable bonds is 8. The van der Waals surface area contributed by atoms with Crippen molar-refractivity contribution in [1.82, 2.24) is 10.6 Å². The van der Waals surface area contributed by atoms with E-state index in [0.29, 0.717) is 19.8 Å². The monoisotopic (exact) mass is 280 g/mol. The minimum absolute atomic E-state index is 0.245. The summed E-state index contributed by atoms with van der Waals surface area (Å²) in [7, 11) is 0. The molecule has 0 aliphatic rings. The van der Waals surface area contributed by atoms with Crippen LogP contribution in [0, 0.1) is 0 Å². The highest BCUT2D eigenvalue weighted by atomic mass is 16.5. The molecule has 6 nitrogen and oxygen atoms in total. The zero-order chi connectivity index (χ0) is 14.8. The maximum atomic E-state index is 11.6. The SMILES string of the molecule is CCOCCNC(=O)N[C@@H](Cc1ccccc1)C(=O)O. The van der Waals surface area contributed by atoms with Crippen molar-refractivity contribution in [2.75, 3.05) is 19.8 Å². The van der Waals surface area contributed by atoms with Crippen LogP contribution in [0.15, 0.2) is 30.3 Å². The Morgan fingerprint density at radius 1 is 1.30 bits per heavy atom. The lowest BCUT2D eigenvalue weighted by atomic mass is 10.1. The highest BCUT2D eigenvalue weighted by Gasteiger charge is 2.19. The minimum atomic E-state index is -1.06. The van der Waals surface area contributed by atoms with E-state index in [1.54, 1.807) is 0 Å². The molecule has 0 heterocycles. The summed E-state index contributed by atoms with van der Waals surface area (Å²) in [5.41, 5.74) is 0.856. The van der Waals surface area contributed by atoms with Gasteiger partial charge in [0.15, 0.2) is 0 Å². The summed E-state index contributed by atoms with van der Waals surface area (Å²) in [5, 5.41) is 14.1. The molecule has 0 fully saturated rings. The quantitative estimate of drug-likeness (QED) is 0.620. The molecule has 0 radical (unpaired) electrons. The molecular formula is C14H20N2O4. The molecule has 1 rings (SSSR count). The standard InChI is InChI=1S/C14H20N2O4/c1-2-20-9-8-15-14(19)16-12(13(17)18)10-11-6-4-3-5-7-11/h3-7,12H,2,8-10H2,1H3,(H,17,18)(H2,15,16,19)/t12-/m0/s1. The van der Waals surface area contributed by atoms with Crippen LogP contribution < -0.4 is 10.6 Å². The number of hydrogen-bond acceptors (Lipinski definition) is 3. The van der Waals surface area contributed by atoms with Crippen molar-refractivity contribution in [3.63, 3.8) is 0 Å². The van der Waals surface area contributed by atoms with Gasteiger partial charge >= 0.3 is 12.0 Å². The Bertz CT molecular complexity index is 422. The number of carbonyl (C=O) groups excluding carboxylic acids is 1. The first-order valence-corrected chi connectivity index (χ1v) is 6.52. The lowest BCUT2D eigenvalue weighted by Gasteiger charge is -2.15. The highest BCUT2D eigenvalue weighted by molar-refractivity contribution is 5.82. The van der Waals surface area contributed by atoms with E-state index >= 15 is 0 Å². The van der Waals surface area contributed by atoms with Crippen molar-refractivity contribution in [2.45, 2.75) is 19.4 Å². The van der Waals surface area contributed by atoms with E-state index in [0.717, 1.165) is 5.56 Å². The molecule has 1 atom stereocenters. The maximum Gasteiger partial charge on any atom is 0.326 e. The van der Waals surface area contributed by atoms with Crippen LogP contribution in [0.1, 0.15) is 12.5 Å². The third-order valence-electron chi connectivity index (χ3n) is 2.62. The smallest absolute Gasteiger partial charge is 0.326 e. The average molecular weight is 280 g/mol. The summed E-state index contributed by atoms with van der Waals surface area (Å²) in [6.45, 7) is 3.19. The third-order valence-corrected chi connectivity index (χ3v) is 2.62. The molecule has 0 unspecified atom stereocenters. The number of carboxylic acids is 1. The van der Waals surface area contributed by atoms with Gasteiger partial charge in [0.2, 0.25) is 0 Å². The number of carbonyl (C=O) groups is 2. The fourth-order valence-electron chi connectivity index (χ4n) is 1.64. The number of ether oxygens (including phenoxy) is 1. The minimum Gasteiger partial charge on any atom is -0.480 e. The molecule has 3 N–H and O–H groups in total. The first kappa shape index (κ1) is 16.0. The van der Waals surface area contributed by atoms with E-state index < -0.39 is 18.0 Å². The molecule has 0 saturated carbocycles. The van der Waals surface area contributed by atoms with Gasteiger partial charge in [-0.3, -0.25) is 0 Å². The largest absolute Gasteiger partial charge is 0.480 e. The Morgan fingerprint density at radius 2 is 2.00 bits per heavy atom. The van der Waals surface area contributed by atoms with E-state index in [1.807, 2.05) is 37.3 Å². The molecule has 20 heavy (non-hydrogen) atoms. The van der Waals surface area contributed by atoms with Crippen LogP contribution in [-0.4, -0.2) is 42.9 Å². The second-order valence-corrected chi connectivity index (χ2v) is 4.18. The van der Waals surface area contributed by atoms with Crippen LogP contribution in [-0.2, 0) is 16.0 Å². The van der Waals surface area contributed by atoms with E-state index in [4.69, 9.17) is 9.84 Å². The van der Waals surface area contributed by atoms with Gasteiger partial charge < -0.3 is 20.5 Å². The summed E-state index contributed by atoms with van der Waals surface area (Å²) >= 11 is 0. The molecule has 0 aliphatic heterocycles. The zero-order valence-electron chi connectivity index (χ0n) is 11.5. The molecule has 1 aromatic rings.